The number of nitrogens with zero attached hydrogens (tertiary/aromatic N) is 5. The van der Waals surface area contributed by atoms with E-state index >= 15 is 0 Å². The number of nitrogens with one attached hydrogen (secondary N) is 1. The zero-order valence-electron chi connectivity index (χ0n) is 19.3. The Hall–Kier alpha value is -3.53. The molecule has 1 aromatic heterocycles. The van der Waals surface area contributed by atoms with Crippen LogP contribution in [0.1, 0.15) is 5.82 Å². The number of rotatable bonds is 8. The van der Waals surface area contributed by atoms with Crippen molar-refractivity contribution in [2.75, 3.05) is 49.3 Å². The monoisotopic (exact) mass is 480 g/mol. The van der Waals surface area contributed by atoms with Crippen molar-refractivity contribution in [3.05, 3.63) is 60.4 Å². The Morgan fingerprint density at radius 2 is 1.79 bits per heavy atom. The molecule has 0 unspecified atom stereocenters. The van der Waals surface area contributed by atoms with Gasteiger partial charge in [0.15, 0.2) is 5.16 Å². The summed E-state index contributed by atoms with van der Waals surface area (Å²) in [5, 5.41) is 11.8. The first-order chi connectivity index (χ1) is 16.5. The number of benzene rings is 2. The number of aromatic nitrogens is 3. The average Bonchev–Trinajstić information content (AvgIpc) is 3.21. The molecule has 0 atom stereocenters. The molecule has 0 saturated carbocycles. The SMILES string of the molecule is COc1cccc(NC(=O)Cc2nnc(SCC(=O)N3CCN(c4ccccc4)CC3)n2C)c1. The van der Waals surface area contributed by atoms with E-state index < -0.39 is 0 Å². The number of para-hydroxylation sites is 1. The van der Waals surface area contributed by atoms with Crippen LogP contribution in [0.15, 0.2) is 59.8 Å². The standard InChI is InChI=1S/C24H28N6O3S/c1-28-21(16-22(31)25-18-7-6-10-20(15-18)33-2)26-27-24(28)34-17-23(32)30-13-11-29(12-14-30)19-8-4-3-5-9-19/h3-10,15H,11-14,16-17H2,1-2H3,(H,25,31). The molecule has 2 heterocycles. The summed E-state index contributed by atoms with van der Waals surface area (Å²) in [6.07, 6.45) is 0.0800. The van der Waals surface area contributed by atoms with Gasteiger partial charge < -0.3 is 24.4 Å². The molecule has 2 amide bonds. The first-order valence-corrected chi connectivity index (χ1v) is 12.0. The fourth-order valence-corrected chi connectivity index (χ4v) is 4.58. The van der Waals surface area contributed by atoms with E-state index in [0.717, 1.165) is 13.1 Å². The third-order valence-electron chi connectivity index (χ3n) is 5.68. The summed E-state index contributed by atoms with van der Waals surface area (Å²) in [4.78, 5) is 29.3. The molecule has 178 valence electrons. The molecule has 10 heteroatoms. The second-order valence-electron chi connectivity index (χ2n) is 7.91. The van der Waals surface area contributed by atoms with Crippen molar-refractivity contribution in [3.63, 3.8) is 0 Å². The highest BCUT2D eigenvalue weighted by atomic mass is 32.2. The Labute approximate surface area is 203 Å². The Balaban J connectivity index is 1.25. The number of thioether (sulfide) groups is 1. The number of piperazine rings is 1. The summed E-state index contributed by atoms with van der Waals surface area (Å²) in [5.74, 6) is 1.37. The molecule has 34 heavy (non-hydrogen) atoms. The lowest BCUT2D eigenvalue weighted by molar-refractivity contribution is -0.128. The van der Waals surface area contributed by atoms with Gasteiger partial charge >= 0.3 is 0 Å². The topological polar surface area (TPSA) is 92.6 Å². The van der Waals surface area contributed by atoms with E-state index in [0.29, 0.717) is 35.5 Å². The normalized spacial score (nSPS) is 13.6. The third kappa shape index (κ3) is 5.88. The summed E-state index contributed by atoms with van der Waals surface area (Å²) < 4.78 is 6.94. The van der Waals surface area contributed by atoms with Gasteiger partial charge in [0.2, 0.25) is 11.8 Å². The van der Waals surface area contributed by atoms with Crippen LogP contribution in [0.3, 0.4) is 0 Å². The lowest BCUT2D eigenvalue weighted by atomic mass is 10.2. The highest BCUT2D eigenvalue weighted by Crippen LogP contribution is 2.20. The molecule has 0 bridgehead atoms. The summed E-state index contributed by atoms with van der Waals surface area (Å²) in [5.41, 5.74) is 1.84. The van der Waals surface area contributed by atoms with Crippen LogP contribution in [0.4, 0.5) is 11.4 Å². The molecule has 1 aliphatic heterocycles. The van der Waals surface area contributed by atoms with Crippen LogP contribution in [0.5, 0.6) is 5.75 Å². The van der Waals surface area contributed by atoms with Gasteiger partial charge in [0, 0.05) is 50.7 Å². The predicted molar refractivity (Wildman–Crippen MR) is 132 cm³/mol. The molecular formula is C24H28N6O3S. The van der Waals surface area contributed by atoms with Crippen LogP contribution in [0, 0.1) is 0 Å². The highest BCUT2D eigenvalue weighted by Gasteiger charge is 2.22. The van der Waals surface area contributed by atoms with Gasteiger partial charge in [0.25, 0.3) is 0 Å². The largest absolute Gasteiger partial charge is 0.497 e. The Morgan fingerprint density at radius 1 is 1.03 bits per heavy atom. The van der Waals surface area contributed by atoms with E-state index in [1.165, 1.54) is 17.4 Å². The van der Waals surface area contributed by atoms with Crippen molar-refractivity contribution in [2.45, 2.75) is 11.6 Å². The van der Waals surface area contributed by atoms with Gasteiger partial charge in [-0.3, -0.25) is 9.59 Å². The molecule has 0 spiro atoms. The van der Waals surface area contributed by atoms with Crippen LogP contribution in [0.2, 0.25) is 0 Å². The number of hydrogen-bond donors (Lipinski definition) is 1. The summed E-state index contributed by atoms with van der Waals surface area (Å²) >= 11 is 1.34. The second-order valence-corrected chi connectivity index (χ2v) is 8.85. The molecule has 9 nitrogen and oxygen atoms in total. The van der Waals surface area contributed by atoms with E-state index in [9.17, 15) is 9.59 Å². The van der Waals surface area contributed by atoms with Gasteiger partial charge in [0.05, 0.1) is 19.3 Å². The molecule has 1 N–H and O–H groups in total. The lowest BCUT2D eigenvalue weighted by Gasteiger charge is -2.36. The van der Waals surface area contributed by atoms with Gasteiger partial charge in [-0.1, -0.05) is 36.0 Å². The molecule has 1 fully saturated rings. The first-order valence-electron chi connectivity index (χ1n) is 11.1. The van der Waals surface area contributed by atoms with Gasteiger partial charge in [0.1, 0.15) is 11.6 Å². The summed E-state index contributed by atoms with van der Waals surface area (Å²) in [6, 6.07) is 17.4. The minimum atomic E-state index is -0.201. The van der Waals surface area contributed by atoms with Gasteiger partial charge in [-0.2, -0.15) is 0 Å². The van der Waals surface area contributed by atoms with E-state index in [2.05, 4.69) is 32.5 Å². The number of hydrogen-bond acceptors (Lipinski definition) is 7. The maximum absolute atomic E-state index is 12.7. The van der Waals surface area contributed by atoms with E-state index in [4.69, 9.17) is 4.74 Å². The summed E-state index contributed by atoms with van der Waals surface area (Å²) in [6.45, 7) is 3.03. The fraction of sp³-hybridized carbons (Fsp3) is 0.333. The van der Waals surface area contributed by atoms with Crippen molar-refractivity contribution in [2.24, 2.45) is 7.05 Å². The maximum Gasteiger partial charge on any atom is 0.233 e. The molecule has 4 rings (SSSR count). The molecule has 3 aromatic rings. The number of amides is 2. The van der Waals surface area contributed by atoms with Gasteiger partial charge in [-0.15, -0.1) is 10.2 Å². The zero-order chi connectivity index (χ0) is 23.9. The van der Waals surface area contributed by atoms with Crippen molar-refractivity contribution in [1.29, 1.82) is 0 Å². The van der Waals surface area contributed by atoms with Crippen molar-refractivity contribution in [1.82, 2.24) is 19.7 Å². The van der Waals surface area contributed by atoms with Crippen LogP contribution < -0.4 is 15.0 Å². The van der Waals surface area contributed by atoms with E-state index in [-0.39, 0.29) is 24.0 Å². The number of anilines is 2. The van der Waals surface area contributed by atoms with E-state index in [1.54, 1.807) is 30.9 Å². The Bertz CT molecular complexity index is 1130. The molecule has 0 aliphatic carbocycles. The van der Waals surface area contributed by atoms with Crippen LogP contribution >= 0.6 is 11.8 Å². The predicted octanol–water partition coefficient (Wildman–Crippen LogP) is 2.45. The molecule has 1 saturated heterocycles. The molecular weight excluding hydrogens is 452 g/mol. The highest BCUT2D eigenvalue weighted by molar-refractivity contribution is 7.99. The van der Waals surface area contributed by atoms with Crippen molar-refractivity contribution >= 4 is 35.0 Å². The van der Waals surface area contributed by atoms with Crippen LogP contribution in [-0.4, -0.2) is 70.5 Å². The smallest absolute Gasteiger partial charge is 0.233 e. The van der Waals surface area contributed by atoms with E-state index in [1.807, 2.05) is 35.2 Å². The quantitative estimate of drug-likeness (QED) is 0.495. The van der Waals surface area contributed by atoms with Crippen LogP contribution in [-0.2, 0) is 23.1 Å². The Morgan fingerprint density at radius 3 is 2.53 bits per heavy atom. The zero-order valence-corrected chi connectivity index (χ0v) is 20.1. The molecule has 1 aliphatic rings. The van der Waals surface area contributed by atoms with Crippen molar-refractivity contribution in [3.8, 4) is 5.75 Å². The molecule has 2 aromatic carbocycles. The lowest BCUT2D eigenvalue weighted by Crippen LogP contribution is -2.49. The minimum absolute atomic E-state index is 0.0800. The number of carbonyl (C=O) groups excluding carboxylic acids is 2. The third-order valence-corrected chi connectivity index (χ3v) is 6.68. The first kappa shape index (κ1) is 23.6. The van der Waals surface area contributed by atoms with Gasteiger partial charge in [-0.25, -0.2) is 0 Å². The Kier molecular flexibility index (Phi) is 7.69. The minimum Gasteiger partial charge on any atom is -0.497 e. The molecule has 0 radical (unpaired) electrons. The second kappa shape index (κ2) is 11.1. The number of carbonyl (C=O) groups is 2. The number of ether oxygens (including phenoxy) is 1. The number of methoxy groups -OCH3 is 1. The van der Waals surface area contributed by atoms with Gasteiger partial charge in [-0.05, 0) is 24.3 Å². The summed E-state index contributed by atoms with van der Waals surface area (Å²) in [7, 11) is 3.38. The fourth-order valence-electron chi connectivity index (χ4n) is 3.74. The van der Waals surface area contributed by atoms with Crippen LogP contribution in [0.25, 0.3) is 0 Å². The maximum atomic E-state index is 12.7. The average molecular weight is 481 g/mol. The van der Waals surface area contributed by atoms with Crippen molar-refractivity contribution < 1.29 is 14.3 Å².